The largest absolute Gasteiger partial charge is 0.183 e. The second-order valence-corrected chi connectivity index (χ2v) is 6.62. The highest BCUT2D eigenvalue weighted by Gasteiger charge is 1.98. The van der Waals surface area contributed by atoms with Gasteiger partial charge in [-0.3, -0.25) is 0 Å². The van der Waals surface area contributed by atoms with Crippen molar-refractivity contribution < 1.29 is 0 Å². The smallest absolute Gasteiger partial charge is 0.0193 e. The molecule has 1 atom stereocenters. The molecule has 0 aliphatic heterocycles. The fourth-order valence-corrected chi connectivity index (χ4v) is 1.55. The lowest BCUT2D eigenvalue weighted by Crippen LogP contribution is -1.88. The van der Waals surface area contributed by atoms with Gasteiger partial charge in [-0.15, -0.1) is 0 Å². The first-order chi connectivity index (χ1) is 17.0. The Morgan fingerprint density at radius 3 is 1.26 bits per heavy atom. The Hall–Kier alpha value is -0.690. The molecule has 0 aromatic heterocycles. The molecule has 0 spiro atoms. The fourth-order valence-electron chi connectivity index (χ4n) is 1.55. The Kier molecular flexibility index (Phi) is 120. The topological polar surface area (TPSA) is 0 Å². The Bertz CT molecular complexity index is 352. The van der Waals surface area contributed by atoms with Crippen molar-refractivity contribution >= 4 is 12.6 Å². The molecule has 0 saturated heterocycles. The summed E-state index contributed by atoms with van der Waals surface area (Å²) < 4.78 is 0. The minimum atomic E-state index is 0.709. The van der Waals surface area contributed by atoms with Gasteiger partial charge in [0.05, 0.1) is 0 Å². The van der Waals surface area contributed by atoms with Gasteiger partial charge in [0.15, 0.2) is 0 Å². The normalized spacial score (nSPS) is 8.71. The van der Waals surface area contributed by atoms with Crippen molar-refractivity contribution in [2.45, 2.75) is 169 Å². The van der Waals surface area contributed by atoms with Crippen LogP contribution in [0, 0.1) is 0 Å². The predicted octanol–water partition coefficient (Wildman–Crippen LogP) is 14.2. The van der Waals surface area contributed by atoms with Crippen LogP contribution in [0.5, 0.6) is 0 Å². The molecular weight excluding hydrogens is 440 g/mol. The molecule has 0 aliphatic carbocycles. The van der Waals surface area contributed by atoms with Crippen LogP contribution in [0.25, 0.3) is 0 Å². The van der Waals surface area contributed by atoms with E-state index < -0.39 is 0 Å². The third-order valence-corrected chi connectivity index (χ3v) is 3.82. The Labute approximate surface area is 234 Å². The Morgan fingerprint density at radius 2 is 1.03 bits per heavy atom. The van der Waals surface area contributed by atoms with E-state index in [1.54, 1.807) is 6.26 Å². The van der Waals surface area contributed by atoms with E-state index in [4.69, 9.17) is 0 Å². The molecule has 0 heterocycles. The van der Waals surface area contributed by atoms with Gasteiger partial charge in [0.2, 0.25) is 0 Å². The minimum absolute atomic E-state index is 0.709. The van der Waals surface area contributed by atoms with Crippen molar-refractivity contribution in [2.24, 2.45) is 0 Å². The van der Waals surface area contributed by atoms with E-state index >= 15 is 0 Å². The number of benzene rings is 1. The Morgan fingerprint density at radius 1 is 0.686 bits per heavy atom. The summed E-state index contributed by atoms with van der Waals surface area (Å²) in [6.45, 7) is 35.7. The molecule has 0 aliphatic rings. The highest BCUT2D eigenvalue weighted by Crippen LogP contribution is 2.16. The molecule has 0 amide bonds. The number of hydrogen-bond donors (Lipinski definition) is 1. The monoisotopic (exact) mass is 517 g/mol. The molecule has 0 nitrogen and oxygen atoms in total. The van der Waals surface area contributed by atoms with Gasteiger partial charge in [-0.05, 0) is 43.9 Å². The second kappa shape index (κ2) is 76.6. The molecule has 1 heteroatoms. The van der Waals surface area contributed by atoms with Crippen molar-refractivity contribution in [3.8, 4) is 0 Å². The number of thiol groups is 1. The van der Waals surface area contributed by atoms with Crippen molar-refractivity contribution in [1.82, 2.24) is 0 Å². The maximum atomic E-state index is 3.53. The van der Waals surface area contributed by atoms with Crippen LogP contribution in [-0.4, -0.2) is 6.26 Å². The van der Waals surface area contributed by atoms with Crippen molar-refractivity contribution in [3.63, 3.8) is 0 Å². The zero-order chi connectivity index (χ0) is 29.9. The summed E-state index contributed by atoms with van der Waals surface area (Å²) in [5, 5.41) is 0. The summed E-state index contributed by atoms with van der Waals surface area (Å²) in [6.07, 6.45) is 12.9. The van der Waals surface area contributed by atoms with Crippen LogP contribution in [-0.2, 0) is 0 Å². The molecule has 0 bridgehead atoms. The van der Waals surface area contributed by atoms with Crippen LogP contribution in [0.4, 0.5) is 0 Å². The number of unbranched alkanes of at least 4 members (excludes halogenated alkanes) is 2. The molecule has 0 saturated carbocycles. The minimum Gasteiger partial charge on any atom is -0.183 e. The van der Waals surface area contributed by atoms with Crippen LogP contribution in [0.2, 0.25) is 0 Å². The molecule has 0 fully saturated rings. The first kappa shape index (κ1) is 55.0. The molecule has 1 rings (SSSR count). The summed E-state index contributed by atoms with van der Waals surface area (Å²) in [5.74, 6) is 0.709. The van der Waals surface area contributed by atoms with Crippen molar-refractivity contribution in [1.29, 1.82) is 0 Å². The summed E-state index contributed by atoms with van der Waals surface area (Å²) in [6, 6.07) is 10.6. The Balaban J connectivity index is -0.0000000437. The van der Waals surface area contributed by atoms with Crippen LogP contribution < -0.4 is 0 Å². The standard InChI is InChI=1S/C10H14.C8H16.C4H10.C3H8.4C2H6.CH4S/c1-3-9(2)10-7-5-4-6-8-10;1-4-6-7-8(3)5-2;1-3-4-2;1-3-2;5*1-2/h4-9H,3H2,1-2H3;7H,4-6H2,1-3H3;3-4H2,1-2H3;3H2,1-2H3;4*1-2H3;2H,1H3/b;8-7-;;;;;;;. The fraction of sp³-hybridized carbons (Fsp3) is 0.765. The molecule has 1 aromatic rings. The summed E-state index contributed by atoms with van der Waals surface area (Å²) in [5.41, 5.74) is 2.97. The van der Waals surface area contributed by atoms with Crippen molar-refractivity contribution in [2.75, 3.05) is 6.26 Å². The van der Waals surface area contributed by atoms with E-state index in [2.05, 4.69) is 111 Å². The van der Waals surface area contributed by atoms with Gasteiger partial charge >= 0.3 is 0 Å². The van der Waals surface area contributed by atoms with E-state index in [1.165, 1.54) is 56.1 Å². The third kappa shape index (κ3) is 79.2. The average Bonchev–Trinajstić information content (AvgIpc) is 2.98. The first-order valence-electron chi connectivity index (χ1n) is 15.1. The number of hydrogen-bond acceptors (Lipinski definition) is 1. The van der Waals surface area contributed by atoms with Gasteiger partial charge in [-0.1, -0.05) is 178 Å². The van der Waals surface area contributed by atoms with Gasteiger partial charge in [0.1, 0.15) is 0 Å². The van der Waals surface area contributed by atoms with Crippen LogP contribution in [0.1, 0.15) is 174 Å². The van der Waals surface area contributed by atoms with Gasteiger partial charge in [0, 0.05) is 0 Å². The SMILES string of the molecule is CC.CC.CC.CC.CCC.CCC(C)c1ccccc1.CCC/C=C(/C)CC.CCCC.CS. The maximum absolute atomic E-state index is 3.53. The molecule has 0 radical (unpaired) electrons. The van der Waals surface area contributed by atoms with E-state index in [9.17, 15) is 0 Å². The molecule has 35 heavy (non-hydrogen) atoms. The van der Waals surface area contributed by atoms with Gasteiger partial charge in [0.25, 0.3) is 0 Å². The lowest BCUT2D eigenvalue weighted by Gasteiger charge is -2.06. The number of allylic oxidation sites excluding steroid dienone is 2. The zero-order valence-electron chi connectivity index (χ0n) is 28.4. The van der Waals surface area contributed by atoms with Crippen LogP contribution in [0.15, 0.2) is 42.0 Å². The highest BCUT2D eigenvalue weighted by molar-refractivity contribution is 7.79. The summed E-state index contributed by atoms with van der Waals surface area (Å²) >= 11 is 3.53. The van der Waals surface area contributed by atoms with Gasteiger partial charge in [-0.25, -0.2) is 0 Å². The van der Waals surface area contributed by atoms with Crippen LogP contribution in [0.3, 0.4) is 0 Å². The third-order valence-electron chi connectivity index (χ3n) is 3.82. The van der Waals surface area contributed by atoms with E-state index in [1.807, 2.05) is 55.4 Å². The molecule has 218 valence electrons. The first-order valence-corrected chi connectivity index (χ1v) is 16.0. The molecule has 1 unspecified atom stereocenters. The van der Waals surface area contributed by atoms with Gasteiger partial charge < -0.3 is 0 Å². The maximum Gasteiger partial charge on any atom is -0.0193 e. The lowest BCUT2D eigenvalue weighted by atomic mass is 9.99. The molecule has 1 aromatic carbocycles. The predicted molar refractivity (Wildman–Crippen MR) is 181 cm³/mol. The van der Waals surface area contributed by atoms with Crippen LogP contribution >= 0.6 is 12.6 Å². The highest BCUT2D eigenvalue weighted by atomic mass is 32.1. The second-order valence-electron chi connectivity index (χ2n) is 6.62. The average molecular weight is 517 g/mol. The number of rotatable bonds is 6. The van der Waals surface area contributed by atoms with E-state index in [-0.39, 0.29) is 0 Å². The molecule has 0 N–H and O–H groups in total. The quantitative estimate of drug-likeness (QED) is 0.282. The summed E-state index contributed by atoms with van der Waals surface area (Å²) in [7, 11) is 0. The van der Waals surface area contributed by atoms with Gasteiger partial charge in [-0.2, -0.15) is 12.6 Å². The van der Waals surface area contributed by atoms with E-state index in [0.29, 0.717) is 5.92 Å². The molecular formula is C34H76S. The van der Waals surface area contributed by atoms with E-state index in [0.717, 1.165) is 0 Å². The zero-order valence-corrected chi connectivity index (χ0v) is 29.3. The lowest BCUT2D eigenvalue weighted by molar-refractivity contribution is 0.733. The summed E-state index contributed by atoms with van der Waals surface area (Å²) in [4.78, 5) is 0. The van der Waals surface area contributed by atoms with Crippen molar-refractivity contribution in [3.05, 3.63) is 47.5 Å².